The van der Waals surface area contributed by atoms with E-state index in [2.05, 4.69) is 32.7 Å². The standard InChI is InChI=1S/C16H18N4O/c1-10-7-11(2)19-16(18-10)20-15(21)14-8-12-5-3-4-6-13(12)9-17-14/h3-7,14,17H,8-9H2,1-2H3,(H,18,19,20,21)/t14-/m0/s1. The molecule has 5 nitrogen and oxygen atoms in total. The highest BCUT2D eigenvalue weighted by Gasteiger charge is 2.24. The van der Waals surface area contributed by atoms with Crippen LogP contribution < -0.4 is 10.6 Å². The van der Waals surface area contributed by atoms with E-state index in [4.69, 9.17) is 0 Å². The van der Waals surface area contributed by atoms with Gasteiger partial charge in [0.05, 0.1) is 6.04 Å². The number of hydrogen-bond acceptors (Lipinski definition) is 4. The number of amides is 1. The van der Waals surface area contributed by atoms with E-state index < -0.39 is 0 Å². The van der Waals surface area contributed by atoms with Gasteiger partial charge >= 0.3 is 0 Å². The summed E-state index contributed by atoms with van der Waals surface area (Å²) in [6.45, 7) is 4.49. The molecular weight excluding hydrogens is 264 g/mol. The molecule has 0 saturated carbocycles. The molecule has 21 heavy (non-hydrogen) atoms. The Morgan fingerprint density at radius 2 is 1.86 bits per heavy atom. The van der Waals surface area contributed by atoms with Crippen molar-refractivity contribution in [1.29, 1.82) is 0 Å². The van der Waals surface area contributed by atoms with Crippen molar-refractivity contribution in [2.75, 3.05) is 5.32 Å². The molecule has 1 aliphatic heterocycles. The number of nitrogens with zero attached hydrogens (tertiary/aromatic N) is 2. The predicted octanol–water partition coefficient (Wildman–Crippen LogP) is 1.75. The molecule has 0 fully saturated rings. The quantitative estimate of drug-likeness (QED) is 0.880. The zero-order valence-corrected chi connectivity index (χ0v) is 12.2. The van der Waals surface area contributed by atoms with Gasteiger partial charge in [-0.3, -0.25) is 10.1 Å². The summed E-state index contributed by atoms with van der Waals surface area (Å²) in [6, 6.07) is 9.82. The summed E-state index contributed by atoms with van der Waals surface area (Å²) in [4.78, 5) is 20.8. The molecule has 2 heterocycles. The Bertz CT molecular complexity index is 663. The Morgan fingerprint density at radius 3 is 2.57 bits per heavy atom. The van der Waals surface area contributed by atoms with Crippen LogP contribution in [0.25, 0.3) is 0 Å². The second-order valence-corrected chi connectivity index (χ2v) is 5.37. The van der Waals surface area contributed by atoms with Crippen LogP contribution in [0.15, 0.2) is 30.3 Å². The number of aromatic nitrogens is 2. The van der Waals surface area contributed by atoms with Crippen molar-refractivity contribution in [3.63, 3.8) is 0 Å². The van der Waals surface area contributed by atoms with Crippen molar-refractivity contribution in [2.45, 2.75) is 32.9 Å². The first-order valence-corrected chi connectivity index (χ1v) is 7.05. The monoisotopic (exact) mass is 282 g/mol. The minimum atomic E-state index is -0.246. The summed E-state index contributed by atoms with van der Waals surface area (Å²) in [5.74, 6) is 0.285. The lowest BCUT2D eigenvalue weighted by molar-refractivity contribution is -0.118. The number of nitrogens with one attached hydrogen (secondary N) is 2. The number of carbonyl (C=O) groups excluding carboxylic acids is 1. The zero-order chi connectivity index (χ0) is 14.8. The van der Waals surface area contributed by atoms with Crippen LogP contribution >= 0.6 is 0 Å². The first-order chi connectivity index (χ1) is 10.1. The fourth-order valence-corrected chi connectivity index (χ4v) is 2.62. The van der Waals surface area contributed by atoms with Crippen LogP contribution in [0.1, 0.15) is 22.5 Å². The third-order valence-corrected chi connectivity index (χ3v) is 3.62. The molecule has 0 aliphatic carbocycles. The summed E-state index contributed by atoms with van der Waals surface area (Å²) in [7, 11) is 0. The maximum atomic E-state index is 12.3. The van der Waals surface area contributed by atoms with Gasteiger partial charge in [0.2, 0.25) is 11.9 Å². The highest BCUT2D eigenvalue weighted by Crippen LogP contribution is 2.17. The van der Waals surface area contributed by atoms with Gasteiger partial charge in [-0.25, -0.2) is 9.97 Å². The van der Waals surface area contributed by atoms with Crippen molar-refractivity contribution >= 4 is 11.9 Å². The molecule has 0 bridgehead atoms. The minimum absolute atomic E-state index is 0.0884. The van der Waals surface area contributed by atoms with Gasteiger partial charge < -0.3 is 5.32 Å². The Kier molecular flexibility index (Phi) is 3.66. The van der Waals surface area contributed by atoms with Crippen LogP contribution in [0.2, 0.25) is 0 Å². The number of fused-ring (bicyclic) bond motifs is 1. The second-order valence-electron chi connectivity index (χ2n) is 5.37. The maximum absolute atomic E-state index is 12.3. The molecule has 1 aromatic carbocycles. The Balaban J connectivity index is 1.72. The maximum Gasteiger partial charge on any atom is 0.244 e. The fraction of sp³-hybridized carbons (Fsp3) is 0.312. The molecule has 2 N–H and O–H groups in total. The molecule has 108 valence electrons. The molecular formula is C16H18N4O. The van der Waals surface area contributed by atoms with Gasteiger partial charge in [-0.15, -0.1) is 0 Å². The summed E-state index contributed by atoms with van der Waals surface area (Å²) >= 11 is 0. The molecule has 1 amide bonds. The van der Waals surface area contributed by atoms with Gasteiger partial charge in [-0.1, -0.05) is 24.3 Å². The summed E-state index contributed by atoms with van der Waals surface area (Å²) in [5.41, 5.74) is 4.17. The molecule has 1 aliphatic rings. The number of aryl methyl sites for hydroxylation is 2. The van der Waals surface area contributed by atoms with Gasteiger partial charge in [0.25, 0.3) is 0 Å². The number of anilines is 1. The molecule has 1 aromatic heterocycles. The SMILES string of the molecule is Cc1cc(C)nc(NC(=O)[C@@H]2Cc3ccccc3CN2)n1. The highest BCUT2D eigenvalue weighted by molar-refractivity contribution is 5.93. The van der Waals surface area contributed by atoms with E-state index in [9.17, 15) is 4.79 Å². The van der Waals surface area contributed by atoms with Crippen LogP contribution in [-0.4, -0.2) is 21.9 Å². The van der Waals surface area contributed by atoms with Crippen molar-refractivity contribution in [3.05, 3.63) is 52.8 Å². The van der Waals surface area contributed by atoms with E-state index in [0.717, 1.165) is 11.4 Å². The normalized spacial score (nSPS) is 17.1. The molecule has 5 heteroatoms. The molecule has 0 unspecified atom stereocenters. The first kappa shape index (κ1) is 13.7. The van der Waals surface area contributed by atoms with Crippen LogP contribution in [0.3, 0.4) is 0 Å². The third kappa shape index (κ3) is 3.08. The van der Waals surface area contributed by atoms with E-state index in [1.807, 2.05) is 32.0 Å². The van der Waals surface area contributed by atoms with E-state index in [1.165, 1.54) is 11.1 Å². The van der Waals surface area contributed by atoms with E-state index in [1.54, 1.807) is 0 Å². The predicted molar refractivity (Wildman–Crippen MR) is 80.9 cm³/mol. The van der Waals surface area contributed by atoms with Crippen LogP contribution in [0.4, 0.5) is 5.95 Å². The lowest BCUT2D eigenvalue weighted by Gasteiger charge is -2.25. The van der Waals surface area contributed by atoms with E-state index in [0.29, 0.717) is 18.9 Å². The smallest absolute Gasteiger partial charge is 0.244 e. The highest BCUT2D eigenvalue weighted by atomic mass is 16.2. The van der Waals surface area contributed by atoms with Gasteiger partial charge in [-0.05, 0) is 37.5 Å². The topological polar surface area (TPSA) is 66.9 Å². The first-order valence-electron chi connectivity index (χ1n) is 7.05. The molecule has 2 aromatic rings. The molecule has 0 radical (unpaired) electrons. The van der Waals surface area contributed by atoms with Crippen LogP contribution in [0.5, 0.6) is 0 Å². The van der Waals surface area contributed by atoms with E-state index in [-0.39, 0.29) is 11.9 Å². The van der Waals surface area contributed by atoms with Gasteiger partial charge in [-0.2, -0.15) is 0 Å². The Morgan fingerprint density at radius 1 is 1.19 bits per heavy atom. The largest absolute Gasteiger partial charge is 0.301 e. The Hall–Kier alpha value is -2.27. The lowest BCUT2D eigenvalue weighted by atomic mass is 9.95. The number of carbonyl (C=O) groups is 1. The summed E-state index contributed by atoms with van der Waals surface area (Å²) < 4.78 is 0. The number of rotatable bonds is 2. The van der Waals surface area contributed by atoms with E-state index >= 15 is 0 Å². The minimum Gasteiger partial charge on any atom is -0.301 e. The molecule has 1 atom stereocenters. The van der Waals surface area contributed by atoms with Crippen molar-refractivity contribution in [3.8, 4) is 0 Å². The average Bonchev–Trinajstić information content (AvgIpc) is 2.45. The number of benzene rings is 1. The summed E-state index contributed by atoms with van der Waals surface area (Å²) in [5, 5.41) is 6.06. The van der Waals surface area contributed by atoms with Crippen LogP contribution in [0, 0.1) is 13.8 Å². The Labute approximate surface area is 123 Å². The molecule has 0 spiro atoms. The van der Waals surface area contributed by atoms with Gasteiger partial charge in [0.15, 0.2) is 0 Å². The van der Waals surface area contributed by atoms with Gasteiger partial charge in [0.1, 0.15) is 0 Å². The average molecular weight is 282 g/mol. The zero-order valence-electron chi connectivity index (χ0n) is 12.2. The fourth-order valence-electron chi connectivity index (χ4n) is 2.62. The second kappa shape index (κ2) is 5.61. The third-order valence-electron chi connectivity index (χ3n) is 3.62. The van der Waals surface area contributed by atoms with Gasteiger partial charge in [0, 0.05) is 17.9 Å². The number of hydrogen-bond donors (Lipinski definition) is 2. The van der Waals surface area contributed by atoms with Crippen LogP contribution in [-0.2, 0) is 17.8 Å². The van der Waals surface area contributed by atoms with Crippen molar-refractivity contribution < 1.29 is 4.79 Å². The summed E-state index contributed by atoms with van der Waals surface area (Å²) in [6.07, 6.45) is 0.687. The lowest BCUT2D eigenvalue weighted by Crippen LogP contribution is -2.45. The molecule has 0 saturated heterocycles. The van der Waals surface area contributed by atoms with Crippen molar-refractivity contribution in [2.24, 2.45) is 0 Å². The molecule has 3 rings (SSSR count). The van der Waals surface area contributed by atoms with Crippen molar-refractivity contribution in [1.82, 2.24) is 15.3 Å².